The topological polar surface area (TPSA) is 29.5 Å². The maximum absolute atomic E-state index is 10.9. The van der Waals surface area contributed by atoms with Crippen LogP contribution in [0.25, 0.3) is 0 Å². The number of hydrogen-bond donors (Lipinski definition) is 0. The van der Waals surface area contributed by atoms with Gasteiger partial charge in [-0.25, -0.2) is 0 Å². The van der Waals surface area contributed by atoms with Crippen molar-refractivity contribution >= 4 is 5.97 Å². The molecule has 0 aliphatic heterocycles. The van der Waals surface area contributed by atoms with Crippen LogP contribution in [0.1, 0.15) is 20.8 Å². The fourth-order valence-electron chi connectivity index (χ4n) is 0.735. The van der Waals surface area contributed by atoms with E-state index < -0.39 is 0 Å². The molecule has 0 heterocycles. The number of esters is 1. The van der Waals surface area contributed by atoms with Gasteiger partial charge in [-0.05, 0) is 20.0 Å². The predicted molar refractivity (Wildman–Crippen MR) is 43.9 cm³/mol. The number of rotatable bonds is 5. The lowest BCUT2D eigenvalue weighted by atomic mass is 10.5. The highest BCUT2D eigenvalue weighted by atomic mass is 16.5. The van der Waals surface area contributed by atoms with E-state index in [9.17, 15) is 4.79 Å². The molecule has 65 valence electrons. The van der Waals surface area contributed by atoms with Crippen molar-refractivity contribution < 1.29 is 9.53 Å². The Morgan fingerprint density at radius 3 is 2.27 bits per heavy atom. The maximum Gasteiger partial charge on any atom is 0.325 e. The minimum atomic E-state index is -0.254. The monoisotopic (exact) mass is 158 g/mol. The van der Waals surface area contributed by atoms with Crippen LogP contribution in [0.5, 0.6) is 0 Å². The van der Waals surface area contributed by atoms with Crippen LogP contribution in [0, 0.1) is 6.54 Å². The number of carbonyl (C=O) groups is 1. The predicted octanol–water partition coefficient (Wildman–Crippen LogP) is 1.05. The smallest absolute Gasteiger partial charge is 0.325 e. The highest BCUT2D eigenvalue weighted by molar-refractivity contribution is 5.78. The molecule has 0 spiro atoms. The first-order valence-corrected chi connectivity index (χ1v) is 4.00. The van der Waals surface area contributed by atoms with E-state index in [1.54, 1.807) is 6.92 Å². The minimum absolute atomic E-state index is 0.254. The molecule has 3 heteroatoms. The van der Waals surface area contributed by atoms with Gasteiger partial charge in [0.05, 0.1) is 6.61 Å². The van der Waals surface area contributed by atoms with Crippen LogP contribution in [-0.4, -0.2) is 30.6 Å². The fourth-order valence-corrected chi connectivity index (χ4v) is 0.735. The van der Waals surface area contributed by atoms with E-state index in [2.05, 4.69) is 0 Å². The van der Waals surface area contributed by atoms with E-state index in [0.29, 0.717) is 6.61 Å². The Balaban J connectivity index is 3.54. The van der Waals surface area contributed by atoms with Crippen molar-refractivity contribution in [3.8, 4) is 0 Å². The summed E-state index contributed by atoms with van der Waals surface area (Å²) in [6.07, 6.45) is 0. The van der Waals surface area contributed by atoms with Gasteiger partial charge < -0.3 is 4.74 Å². The molecule has 0 N–H and O–H groups in total. The Kier molecular flexibility index (Phi) is 5.84. The van der Waals surface area contributed by atoms with Gasteiger partial charge in [-0.3, -0.25) is 9.69 Å². The largest absolute Gasteiger partial charge is 0.465 e. The molecule has 1 radical (unpaired) electrons. The zero-order valence-corrected chi connectivity index (χ0v) is 7.46. The van der Waals surface area contributed by atoms with Crippen molar-refractivity contribution in [3.05, 3.63) is 6.54 Å². The number of nitrogens with zero attached hydrogens (tertiary/aromatic N) is 1. The van der Waals surface area contributed by atoms with E-state index >= 15 is 0 Å². The highest BCUT2D eigenvalue weighted by Crippen LogP contribution is 1.93. The van der Waals surface area contributed by atoms with Crippen molar-refractivity contribution in [2.45, 2.75) is 20.8 Å². The van der Waals surface area contributed by atoms with Crippen LogP contribution in [0.2, 0.25) is 0 Å². The van der Waals surface area contributed by atoms with Gasteiger partial charge in [0.2, 0.25) is 0 Å². The molecule has 3 nitrogen and oxygen atoms in total. The molecule has 0 aromatic heterocycles. The van der Waals surface area contributed by atoms with Crippen LogP contribution < -0.4 is 0 Å². The average Bonchev–Trinajstić information content (AvgIpc) is 2.01. The van der Waals surface area contributed by atoms with E-state index in [0.717, 1.165) is 13.1 Å². The molecule has 0 saturated carbocycles. The summed E-state index contributed by atoms with van der Waals surface area (Å²) in [7, 11) is 0. The normalized spacial score (nSPS) is 10.2. The first-order valence-electron chi connectivity index (χ1n) is 4.00. The second-order valence-electron chi connectivity index (χ2n) is 2.10. The van der Waals surface area contributed by atoms with Gasteiger partial charge in [0, 0.05) is 0 Å². The van der Waals surface area contributed by atoms with Gasteiger partial charge in [0.25, 0.3) is 0 Å². The Morgan fingerprint density at radius 2 is 1.91 bits per heavy atom. The van der Waals surface area contributed by atoms with Crippen LogP contribution in [0.4, 0.5) is 0 Å². The van der Waals surface area contributed by atoms with Crippen LogP contribution in [-0.2, 0) is 9.53 Å². The number of ether oxygens (including phenoxy) is 1. The molecule has 0 aliphatic rings. The second kappa shape index (κ2) is 6.16. The third kappa shape index (κ3) is 4.79. The molecule has 0 unspecified atom stereocenters. The summed E-state index contributed by atoms with van der Waals surface area (Å²) in [4.78, 5) is 12.8. The van der Waals surface area contributed by atoms with E-state index in [4.69, 9.17) is 4.74 Å². The van der Waals surface area contributed by atoms with Gasteiger partial charge >= 0.3 is 5.97 Å². The molecule has 0 amide bonds. The van der Waals surface area contributed by atoms with Crippen LogP contribution in [0.3, 0.4) is 0 Å². The average molecular weight is 158 g/mol. The summed E-state index contributed by atoms with van der Waals surface area (Å²) in [5, 5.41) is 0. The minimum Gasteiger partial charge on any atom is -0.465 e. The van der Waals surface area contributed by atoms with Gasteiger partial charge in [-0.15, -0.1) is 0 Å². The summed E-state index contributed by atoms with van der Waals surface area (Å²) < 4.78 is 4.74. The molecule has 0 aromatic carbocycles. The highest BCUT2D eigenvalue weighted by Gasteiger charge is 2.07. The lowest BCUT2D eigenvalue weighted by molar-refractivity contribution is -0.140. The zero-order valence-electron chi connectivity index (χ0n) is 7.46. The summed E-state index contributed by atoms with van der Waals surface area (Å²) in [6, 6.07) is 0. The number of carbonyl (C=O) groups excluding carboxylic acids is 1. The standard InChI is InChI=1S/C8H16NO2/c1-4-9(5-2)7-8(10)11-6-3/h7H,4-6H2,1-3H3. The Bertz CT molecular complexity index is 111. The summed E-state index contributed by atoms with van der Waals surface area (Å²) in [5.41, 5.74) is 0. The van der Waals surface area contributed by atoms with Crippen molar-refractivity contribution in [3.63, 3.8) is 0 Å². The number of likely N-dealkylation sites (N-methyl/N-ethyl adjacent to an activating group) is 1. The van der Waals surface area contributed by atoms with Gasteiger partial charge in [0.1, 0.15) is 6.54 Å². The molecule has 0 fully saturated rings. The van der Waals surface area contributed by atoms with Gasteiger partial charge in [0.15, 0.2) is 0 Å². The van der Waals surface area contributed by atoms with Crippen molar-refractivity contribution in [2.75, 3.05) is 19.7 Å². The SMILES string of the molecule is CCOC(=O)[CH]N(CC)CC. The first kappa shape index (κ1) is 10.4. The molecule has 11 heavy (non-hydrogen) atoms. The fraction of sp³-hybridized carbons (Fsp3) is 0.750. The molecule has 0 saturated heterocycles. The molecule has 0 aromatic rings. The van der Waals surface area contributed by atoms with Crippen molar-refractivity contribution in [1.29, 1.82) is 0 Å². The molecule has 0 atom stereocenters. The van der Waals surface area contributed by atoms with Crippen LogP contribution >= 0.6 is 0 Å². The molecular weight excluding hydrogens is 142 g/mol. The number of hydrogen-bond acceptors (Lipinski definition) is 3. The lowest BCUT2D eigenvalue weighted by Crippen LogP contribution is -2.25. The Hall–Kier alpha value is -0.570. The van der Waals surface area contributed by atoms with Gasteiger partial charge in [-0.1, -0.05) is 13.8 Å². The van der Waals surface area contributed by atoms with Gasteiger partial charge in [-0.2, -0.15) is 0 Å². The van der Waals surface area contributed by atoms with Crippen molar-refractivity contribution in [2.24, 2.45) is 0 Å². The molecular formula is C8H16NO2. The van der Waals surface area contributed by atoms with E-state index in [1.807, 2.05) is 18.7 Å². The summed E-state index contributed by atoms with van der Waals surface area (Å²) in [6.45, 7) is 9.43. The zero-order chi connectivity index (χ0) is 8.69. The molecule has 0 rings (SSSR count). The summed E-state index contributed by atoms with van der Waals surface area (Å²) in [5.74, 6) is -0.254. The Morgan fingerprint density at radius 1 is 1.36 bits per heavy atom. The van der Waals surface area contributed by atoms with E-state index in [-0.39, 0.29) is 5.97 Å². The van der Waals surface area contributed by atoms with Crippen LogP contribution in [0.15, 0.2) is 0 Å². The lowest BCUT2D eigenvalue weighted by Gasteiger charge is -2.15. The first-order chi connectivity index (χ1) is 5.24. The summed E-state index contributed by atoms with van der Waals surface area (Å²) >= 11 is 0. The quantitative estimate of drug-likeness (QED) is 0.560. The van der Waals surface area contributed by atoms with E-state index in [1.165, 1.54) is 6.54 Å². The maximum atomic E-state index is 10.9. The van der Waals surface area contributed by atoms with Crippen molar-refractivity contribution in [1.82, 2.24) is 4.90 Å². The Labute approximate surface area is 68.3 Å². The molecule has 0 bridgehead atoms. The molecule has 0 aliphatic carbocycles. The second-order valence-corrected chi connectivity index (χ2v) is 2.10. The third-order valence-corrected chi connectivity index (χ3v) is 1.39. The third-order valence-electron chi connectivity index (χ3n) is 1.39.